The molecule has 150 valence electrons. The Morgan fingerprint density at radius 1 is 0.931 bits per heavy atom. The highest BCUT2D eigenvalue weighted by Crippen LogP contribution is 2.19. The smallest absolute Gasteiger partial charge is 0.261 e. The molecule has 0 heterocycles. The first kappa shape index (κ1) is 20.5. The van der Waals surface area contributed by atoms with Gasteiger partial charge < -0.3 is 5.32 Å². The molecule has 0 unspecified atom stereocenters. The summed E-state index contributed by atoms with van der Waals surface area (Å²) in [6, 6.07) is 18.8. The van der Waals surface area contributed by atoms with Gasteiger partial charge in [-0.1, -0.05) is 37.3 Å². The maximum Gasteiger partial charge on any atom is 0.261 e. The topological polar surface area (TPSA) is 75.3 Å². The minimum absolute atomic E-state index is 0.0306. The molecule has 0 fully saturated rings. The highest BCUT2D eigenvalue weighted by atomic mass is 32.2. The normalized spacial score (nSPS) is 11.1. The molecule has 2 N–H and O–H groups in total. The second-order valence-electron chi connectivity index (χ2n) is 6.49. The predicted octanol–water partition coefficient (Wildman–Crippen LogP) is 4.37. The molecule has 1 amide bonds. The molecular formula is C22H21FN2O3S. The number of benzene rings is 3. The summed E-state index contributed by atoms with van der Waals surface area (Å²) < 4.78 is 40.1. The van der Waals surface area contributed by atoms with Crippen molar-refractivity contribution < 1.29 is 17.6 Å². The molecule has 3 aromatic carbocycles. The lowest BCUT2D eigenvalue weighted by atomic mass is 10.1. The van der Waals surface area contributed by atoms with E-state index in [0.717, 1.165) is 35.4 Å². The van der Waals surface area contributed by atoms with E-state index in [0.29, 0.717) is 5.69 Å². The number of nitrogens with one attached hydrogen (secondary N) is 2. The fraction of sp³-hybridized carbons (Fsp3) is 0.136. The number of aryl methyl sites for hydroxylation is 1. The van der Waals surface area contributed by atoms with Crippen molar-refractivity contribution in [1.82, 2.24) is 0 Å². The zero-order chi connectivity index (χ0) is 20.9. The van der Waals surface area contributed by atoms with E-state index in [1.165, 1.54) is 12.1 Å². The molecule has 29 heavy (non-hydrogen) atoms. The lowest BCUT2D eigenvalue weighted by Gasteiger charge is -2.11. The fourth-order valence-electron chi connectivity index (χ4n) is 2.85. The van der Waals surface area contributed by atoms with E-state index in [-0.39, 0.29) is 17.2 Å². The average Bonchev–Trinajstić information content (AvgIpc) is 2.70. The zero-order valence-corrected chi connectivity index (χ0v) is 16.7. The number of sulfonamides is 1. The van der Waals surface area contributed by atoms with Gasteiger partial charge in [0.15, 0.2) is 0 Å². The van der Waals surface area contributed by atoms with Gasteiger partial charge in [-0.3, -0.25) is 9.52 Å². The number of amides is 1. The SMILES string of the molecule is CCc1ccccc1NC(=O)Cc1ccc(NS(=O)(=O)c2ccc(F)cc2)cc1. The first-order valence-electron chi connectivity index (χ1n) is 9.12. The van der Waals surface area contributed by atoms with Crippen molar-refractivity contribution in [3.05, 3.63) is 89.7 Å². The van der Waals surface area contributed by atoms with Gasteiger partial charge >= 0.3 is 0 Å². The van der Waals surface area contributed by atoms with E-state index < -0.39 is 15.8 Å². The van der Waals surface area contributed by atoms with E-state index in [1.807, 2.05) is 31.2 Å². The molecule has 3 rings (SSSR count). The van der Waals surface area contributed by atoms with Gasteiger partial charge in [-0.2, -0.15) is 0 Å². The van der Waals surface area contributed by atoms with Crippen LogP contribution in [0.5, 0.6) is 0 Å². The number of carbonyl (C=O) groups is 1. The standard InChI is InChI=1S/C22H21FN2O3S/c1-2-17-5-3-4-6-21(17)24-22(26)15-16-7-11-19(12-8-16)25-29(27,28)20-13-9-18(23)10-14-20/h3-14,25H,2,15H2,1H3,(H,24,26). The van der Waals surface area contributed by atoms with Gasteiger partial charge in [0.25, 0.3) is 10.0 Å². The first-order chi connectivity index (χ1) is 13.9. The molecule has 0 saturated carbocycles. The molecular weight excluding hydrogens is 391 g/mol. The maximum atomic E-state index is 13.0. The summed E-state index contributed by atoms with van der Waals surface area (Å²) in [5.74, 6) is -0.654. The lowest BCUT2D eigenvalue weighted by molar-refractivity contribution is -0.115. The van der Waals surface area contributed by atoms with Crippen LogP contribution in [0.1, 0.15) is 18.1 Å². The summed E-state index contributed by atoms with van der Waals surface area (Å²) in [5, 5.41) is 2.91. The molecule has 0 bridgehead atoms. The van der Waals surface area contributed by atoms with Crippen LogP contribution in [0.4, 0.5) is 15.8 Å². The fourth-order valence-corrected chi connectivity index (χ4v) is 3.91. The third kappa shape index (κ3) is 5.42. The summed E-state index contributed by atoms with van der Waals surface area (Å²) >= 11 is 0. The summed E-state index contributed by atoms with van der Waals surface area (Å²) in [7, 11) is -3.81. The summed E-state index contributed by atoms with van der Waals surface area (Å²) in [4.78, 5) is 12.3. The van der Waals surface area contributed by atoms with Crippen LogP contribution in [-0.4, -0.2) is 14.3 Å². The maximum absolute atomic E-state index is 13.0. The third-order valence-electron chi connectivity index (χ3n) is 4.37. The van der Waals surface area contributed by atoms with Crippen molar-refractivity contribution in [1.29, 1.82) is 0 Å². The molecule has 3 aromatic rings. The number of hydrogen-bond donors (Lipinski definition) is 2. The second-order valence-corrected chi connectivity index (χ2v) is 8.17. The van der Waals surface area contributed by atoms with Gasteiger partial charge in [-0.05, 0) is 60.0 Å². The third-order valence-corrected chi connectivity index (χ3v) is 5.76. The molecule has 5 nitrogen and oxygen atoms in total. The quantitative estimate of drug-likeness (QED) is 0.605. The number of carbonyl (C=O) groups excluding carboxylic acids is 1. The van der Waals surface area contributed by atoms with Crippen LogP contribution in [-0.2, 0) is 27.7 Å². The molecule has 0 atom stereocenters. The van der Waals surface area contributed by atoms with Crippen LogP contribution in [0, 0.1) is 5.82 Å². The van der Waals surface area contributed by atoms with E-state index in [2.05, 4.69) is 10.0 Å². The van der Waals surface area contributed by atoms with Crippen molar-refractivity contribution in [2.24, 2.45) is 0 Å². The number of para-hydroxylation sites is 1. The molecule has 0 aliphatic rings. The Balaban J connectivity index is 1.64. The highest BCUT2D eigenvalue weighted by molar-refractivity contribution is 7.92. The van der Waals surface area contributed by atoms with Gasteiger partial charge in [0.2, 0.25) is 5.91 Å². The van der Waals surface area contributed by atoms with Gasteiger partial charge in [-0.25, -0.2) is 12.8 Å². The summed E-state index contributed by atoms with van der Waals surface area (Å²) in [5.41, 5.74) is 2.96. The minimum atomic E-state index is -3.81. The number of halogens is 1. The van der Waals surface area contributed by atoms with Crippen LogP contribution in [0.15, 0.2) is 77.7 Å². The van der Waals surface area contributed by atoms with Crippen molar-refractivity contribution in [3.63, 3.8) is 0 Å². The Bertz CT molecular complexity index is 1100. The van der Waals surface area contributed by atoms with Crippen LogP contribution in [0.25, 0.3) is 0 Å². The van der Waals surface area contributed by atoms with Crippen LogP contribution in [0.3, 0.4) is 0 Å². The monoisotopic (exact) mass is 412 g/mol. The minimum Gasteiger partial charge on any atom is -0.326 e. The van der Waals surface area contributed by atoms with Crippen LogP contribution in [0.2, 0.25) is 0 Å². The van der Waals surface area contributed by atoms with Crippen molar-refractivity contribution in [2.45, 2.75) is 24.7 Å². The Hall–Kier alpha value is -3.19. The van der Waals surface area contributed by atoms with Gasteiger partial charge in [0, 0.05) is 11.4 Å². The second kappa shape index (κ2) is 8.87. The molecule has 0 aliphatic heterocycles. The first-order valence-corrected chi connectivity index (χ1v) is 10.6. The van der Waals surface area contributed by atoms with Crippen LogP contribution < -0.4 is 10.0 Å². The van der Waals surface area contributed by atoms with E-state index in [1.54, 1.807) is 24.3 Å². The van der Waals surface area contributed by atoms with Crippen molar-refractivity contribution in [2.75, 3.05) is 10.0 Å². The largest absolute Gasteiger partial charge is 0.326 e. The Labute approximate surface area is 169 Å². The van der Waals surface area contributed by atoms with Gasteiger partial charge in [-0.15, -0.1) is 0 Å². The Kier molecular flexibility index (Phi) is 6.29. The lowest BCUT2D eigenvalue weighted by Crippen LogP contribution is -2.16. The summed E-state index contributed by atoms with van der Waals surface area (Å²) in [6.07, 6.45) is 0.988. The molecule has 0 spiro atoms. The number of anilines is 2. The number of rotatable bonds is 7. The molecule has 7 heteroatoms. The van der Waals surface area contributed by atoms with E-state index in [9.17, 15) is 17.6 Å². The van der Waals surface area contributed by atoms with Crippen LogP contribution >= 0.6 is 0 Å². The Morgan fingerprint density at radius 3 is 2.24 bits per heavy atom. The van der Waals surface area contributed by atoms with Crippen molar-refractivity contribution in [3.8, 4) is 0 Å². The number of hydrogen-bond acceptors (Lipinski definition) is 3. The molecule has 0 aromatic heterocycles. The van der Waals surface area contributed by atoms with E-state index >= 15 is 0 Å². The zero-order valence-electron chi connectivity index (χ0n) is 15.9. The molecule has 0 aliphatic carbocycles. The molecule has 0 radical (unpaired) electrons. The summed E-state index contributed by atoms with van der Waals surface area (Å²) in [6.45, 7) is 2.02. The predicted molar refractivity (Wildman–Crippen MR) is 112 cm³/mol. The van der Waals surface area contributed by atoms with Gasteiger partial charge in [0.05, 0.1) is 11.3 Å². The van der Waals surface area contributed by atoms with Gasteiger partial charge in [0.1, 0.15) is 5.82 Å². The Morgan fingerprint density at radius 2 is 1.59 bits per heavy atom. The average molecular weight is 412 g/mol. The highest BCUT2D eigenvalue weighted by Gasteiger charge is 2.14. The van der Waals surface area contributed by atoms with E-state index in [4.69, 9.17) is 0 Å². The molecule has 0 saturated heterocycles. The van der Waals surface area contributed by atoms with Crippen molar-refractivity contribution >= 4 is 27.3 Å².